The van der Waals surface area contributed by atoms with Gasteiger partial charge in [0.25, 0.3) is 0 Å². The second kappa shape index (κ2) is 5.96. The molecule has 6 heteroatoms. The monoisotopic (exact) mass is 332 g/mol. The van der Waals surface area contributed by atoms with Crippen molar-refractivity contribution in [2.24, 2.45) is 11.7 Å². The van der Waals surface area contributed by atoms with Crippen molar-refractivity contribution in [3.63, 3.8) is 0 Å². The van der Waals surface area contributed by atoms with Crippen LogP contribution < -0.4 is 11.1 Å². The number of hydrogen-bond acceptors (Lipinski definition) is 2. The minimum Gasteiger partial charge on any atom is -0.328 e. The highest BCUT2D eigenvalue weighted by atomic mass is 79.9. The molecule has 0 spiro atoms. The van der Waals surface area contributed by atoms with E-state index in [0.717, 1.165) is 25.0 Å². The Labute approximate surface area is 118 Å². The van der Waals surface area contributed by atoms with Crippen LogP contribution in [0.5, 0.6) is 0 Å². The summed E-state index contributed by atoms with van der Waals surface area (Å²) in [6.45, 7) is 0. The molecule has 0 atom stereocenters. The average molecular weight is 333 g/mol. The van der Waals surface area contributed by atoms with E-state index in [9.17, 15) is 13.6 Å². The van der Waals surface area contributed by atoms with Crippen LogP contribution in [0.15, 0.2) is 16.6 Å². The fraction of sp³-hybridized carbons (Fsp3) is 0.462. The fourth-order valence-corrected chi connectivity index (χ4v) is 2.78. The van der Waals surface area contributed by atoms with Gasteiger partial charge >= 0.3 is 0 Å². The molecule has 0 bridgehead atoms. The third-order valence-electron chi connectivity index (χ3n) is 3.40. The van der Waals surface area contributed by atoms with Gasteiger partial charge in [0.1, 0.15) is 5.82 Å². The normalized spacial score (nSPS) is 23.2. The largest absolute Gasteiger partial charge is 0.328 e. The first-order valence-corrected chi connectivity index (χ1v) is 6.97. The molecule has 0 heterocycles. The van der Waals surface area contributed by atoms with Crippen molar-refractivity contribution in [1.82, 2.24) is 0 Å². The van der Waals surface area contributed by atoms with E-state index in [0.29, 0.717) is 12.8 Å². The lowest BCUT2D eigenvalue weighted by atomic mass is 9.86. The molecule has 1 aromatic rings. The Kier molecular flexibility index (Phi) is 4.52. The number of amides is 1. The first-order chi connectivity index (χ1) is 8.97. The minimum atomic E-state index is -0.785. The minimum absolute atomic E-state index is 0.0127. The van der Waals surface area contributed by atoms with Crippen molar-refractivity contribution in [2.75, 3.05) is 5.32 Å². The van der Waals surface area contributed by atoms with Gasteiger partial charge in [-0.05, 0) is 47.7 Å². The third-order valence-corrected chi connectivity index (χ3v) is 4.02. The number of rotatable bonds is 2. The highest BCUT2D eigenvalue weighted by Gasteiger charge is 2.25. The molecule has 0 radical (unpaired) electrons. The summed E-state index contributed by atoms with van der Waals surface area (Å²) in [5, 5.41) is 2.52. The smallest absolute Gasteiger partial charge is 0.227 e. The van der Waals surface area contributed by atoms with E-state index in [4.69, 9.17) is 5.73 Å². The number of halogens is 3. The zero-order valence-electron chi connectivity index (χ0n) is 10.3. The van der Waals surface area contributed by atoms with Gasteiger partial charge in [0.15, 0.2) is 5.82 Å². The standard InChI is InChI=1S/C13H15BrF2N2O/c14-10-5-8(15)6-11(16)12(10)18-13(19)7-1-3-9(17)4-2-7/h5-7,9H,1-4,17H2,(H,18,19). The summed E-state index contributed by atoms with van der Waals surface area (Å²) < 4.78 is 26.7. The molecular weight excluding hydrogens is 318 g/mol. The summed E-state index contributed by atoms with van der Waals surface area (Å²) in [5.41, 5.74) is 5.76. The predicted molar refractivity (Wildman–Crippen MR) is 72.6 cm³/mol. The zero-order valence-corrected chi connectivity index (χ0v) is 11.8. The summed E-state index contributed by atoms with van der Waals surface area (Å²) >= 11 is 3.05. The number of benzene rings is 1. The zero-order chi connectivity index (χ0) is 14.0. The second-order valence-corrected chi connectivity index (χ2v) is 5.70. The van der Waals surface area contributed by atoms with Gasteiger partial charge in [-0.15, -0.1) is 0 Å². The molecule has 0 aliphatic heterocycles. The maximum atomic E-state index is 13.6. The van der Waals surface area contributed by atoms with Gasteiger partial charge in [0.05, 0.1) is 5.69 Å². The lowest BCUT2D eigenvalue weighted by Gasteiger charge is -2.25. The van der Waals surface area contributed by atoms with Crippen LogP contribution in [0.3, 0.4) is 0 Å². The first kappa shape index (κ1) is 14.4. The average Bonchev–Trinajstić information content (AvgIpc) is 2.34. The summed E-state index contributed by atoms with van der Waals surface area (Å²) in [4.78, 5) is 12.0. The Morgan fingerprint density at radius 2 is 1.89 bits per heavy atom. The van der Waals surface area contributed by atoms with Gasteiger partial charge in [0.2, 0.25) is 5.91 Å². The molecule has 1 aliphatic carbocycles. The number of anilines is 1. The summed E-state index contributed by atoms with van der Waals surface area (Å²) in [7, 11) is 0. The Balaban J connectivity index is 2.07. The maximum Gasteiger partial charge on any atom is 0.227 e. The number of nitrogens with one attached hydrogen (secondary N) is 1. The van der Waals surface area contributed by atoms with E-state index in [-0.39, 0.29) is 28.0 Å². The van der Waals surface area contributed by atoms with Gasteiger partial charge in [-0.3, -0.25) is 4.79 Å². The SMILES string of the molecule is NC1CCC(C(=O)Nc2c(F)cc(F)cc2Br)CC1. The fourth-order valence-electron chi connectivity index (χ4n) is 2.27. The number of hydrogen-bond donors (Lipinski definition) is 2. The van der Waals surface area contributed by atoms with Crippen molar-refractivity contribution in [2.45, 2.75) is 31.7 Å². The van der Waals surface area contributed by atoms with Crippen LogP contribution in [0.2, 0.25) is 0 Å². The molecule has 1 fully saturated rings. The molecule has 1 aromatic carbocycles. The summed E-state index contributed by atoms with van der Waals surface area (Å²) in [6, 6.07) is 2.02. The molecule has 0 unspecified atom stereocenters. The van der Waals surface area contributed by atoms with Gasteiger partial charge in [-0.1, -0.05) is 0 Å². The van der Waals surface area contributed by atoms with E-state index < -0.39 is 11.6 Å². The number of carbonyl (C=O) groups excluding carboxylic acids is 1. The van der Waals surface area contributed by atoms with Crippen LogP contribution in [-0.2, 0) is 4.79 Å². The summed E-state index contributed by atoms with van der Waals surface area (Å²) in [5.74, 6) is -1.87. The molecule has 19 heavy (non-hydrogen) atoms. The second-order valence-electron chi connectivity index (χ2n) is 4.85. The van der Waals surface area contributed by atoms with E-state index in [1.54, 1.807) is 0 Å². The lowest BCUT2D eigenvalue weighted by molar-refractivity contribution is -0.120. The number of nitrogens with two attached hydrogens (primary N) is 1. The molecule has 1 aliphatic rings. The first-order valence-electron chi connectivity index (χ1n) is 6.18. The van der Waals surface area contributed by atoms with Crippen LogP contribution in [0.25, 0.3) is 0 Å². The maximum absolute atomic E-state index is 13.6. The predicted octanol–water partition coefficient (Wildman–Crippen LogP) is 3.18. The van der Waals surface area contributed by atoms with Crippen molar-refractivity contribution < 1.29 is 13.6 Å². The Morgan fingerprint density at radius 1 is 1.26 bits per heavy atom. The highest BCUT2D eigenvalue weighted by Crippen LogP contribution is 2.29. The highest BCUT2D eigenvalue weighted by molar-refractivity contribution is 9.10. The third kappa shape index (κ3) is 3.51. The van der Waals surface area contributed by atoms with Gasteiger partial charge in [-0.25, -0.2) is 8.78 Å². The van der Waals surface area contributed by atoms with Crippen molar-refractivity contribution in [3.05, 3.63) is 28.2 Å². The van der Waals surface area contributed by atoms with Crippen molar-refractivity contribution in [3.8, 4) is 0 Å². The quantitative estimate of drug-likeness (QED) is 0.873. The molecule has 1 amide bonds. The molecule has 3 nitrogen and oxygen atoms in total. The van der Waals surface area contributed by atoms with Crippen LogP contribution >= 0.6 is 15.9 Å². The molecule has 3 N–H and O–H groups in total. The molecule has 104 valence electrons. The lowest BCUT2D eigenvalue weighted by Crippen LogP contribution is -2.32. The van der Waals surface area contributed by atoms with Gasteiger partial charge < -0.3 is 11.1 Å². The molecule has 1 saturated carbocycles. The Hall–Kier alpha value is -1.01. The summed E-state index contributed by atoms with van der Waals surface area (Å²) in [6.07, 6.45) is 3.00. The molecule has 2 rings (SSSR count). The topological polar surface area (TPSA) is 55.1 Å². The van der Waals surface area contributed by atoms with Crippen LogP contribution in [0.1, 0.15) is 25.7 Å². The molecular formula is C13H15BrF2N2O. The van der Waals surface area contributed by atoms with E-state index in [2.05, 4.69) is 21.2 Å². The van der Waals surface area contributed by atoms with Crippen molar-refractivity contribution >= 4 is 27.5 Å². The van der Waals surface area contributed by atoms with Crippen molar-refractivity contribution in [1.29, 1.82) is 0 Å². The Bertz CT molecular complexity index is 465. The number of carbonyl (C=O) groups is 1. The van der Waals surface area contributed by atoms with Crippen LogP contribution in [-0.4, -0.2) is 11.9 Å². The van der Waals surface area contributed by atoms with Crippen LogP contribution in [0.4, 0.5) is 14.5 Å². The van der Waals surface area contributed by atoms with Gasteiger partial charge in [-0.2, -0.15) is 0 Å². The molecule has 0 saturated heterocycles. The molecule has 0 aromatic heterocycles. The van der Waals surface area contributed by atoms with E-state index in [1.165, 1.54) is 0 Å². The Morgan fingerprint density at radius 3 is 2.47 bits per heavy atom. The van der Waals surface area contributed by atoms with Crippen LogP contribution in [0, 0.1) is 17.6 Å². The van der Waals surface area contributed by atoms with Gasteiger partial charge in [0, 0.05) is 22.5 Å². The van der Waals surface area contributed by atoms with E-state index in [1.807, 2.05) is 0 Å². The van der Waals surface area contributed by atoms with E-state index >= 15 is 0 Å².